The van der Waals surface area contributed by atoms with Crippen LogP contribution in [0.15, 0.2) is 35.0 Å². The molecular formula is C11H8N2O3S2. The first kappa shape index (κ1) is 12.5. The molecule has 18 heavy (non-hydrogen) atoms. The Kier molecular flexibility index (Phi) is 3.85. The summed E-state index contributed by atoms with van der Waals surface area (Å²) in [5, 5.41) is 15.1. The van der Waals surface area contributed by atoms with Crippen LogP contribution in [0.2, 0.25) is 0 Å². The molecule has 0 aromatic carbocycles. The van der Waals surface area contributed by atoms with Gasteiger partial charge in [-0.05, 0) is 11.4 Å². The first-order valence-electron chi connectivity index (χ1n) is 4.86. The van der Waals surface area contributed by atoms with Crippen molar-refractivity contribution in [2.24, 2.45) is 0 Å². The molecule has 0 spiro atoms. The molecule has 0 aliphatic rings. The highest BCUT2D eigenvalue weighted by Crippen LogP contribution is 2.28. The van der Waals surface area contributed by atoms with Gasteiger partial charge in [0.15, 0.2) is 5.13 Å². The van der Waals surface area contributed by atoms with E-state index in [1.165, 1.54) is 11.3 Å². The van der Waals surface area contributed by atoms with Crippen LogP contribution in [0.4, 0.5) is 5.13 Å². The van der Waals surface area contributed by atoms with E-state index in [0.717, 1.165) is 22.7 Å². The highest BCUT2D eigenvalue weighted by Gasteiger charge is 2.07. The Morgan fingerprint density at radius 2 is 2.17 bits per heavy atom. The Hall–Kier alpha value is -1.99. The maximum absolute atomic E-state index is 11.3. The van der Waals surface area contributed by atoms with Crippen molar-refractivity contribution in [2.45, 2.75) is 0 Å². The maximum Gasteiger partial charge on any atom is 0.328 e. The van der Waals surface area contributed by atoms with E-state index in [9.17, 15) is 9.59 Å². The molecule has 7 heteroatoms. The average Bonchev–Trinajstić information content (AvgIpc) is 2.95. The highest BCUT2D eigenvalue weighted by molar-refractivity contribution is 7.16. The third-order valence-corrected chi connectivity index (χ3v) is 3.54. The normalized spacial score (nSPS) is 10.7. The summed E-state index contributed by atoms with van der Waals surface area (Å²) in [7, 11) is 0. The second kappa shape index (κ2) is 5.56. The van der Waals surface area contributed by atoms with Crippen molar-refractivity contribution in [2.75, 3.05) is 5.32 Å². The summed E-state index contributed by atoms with van der Waals surface area (Å²) < 4.78 is 0. The molecule has 0 atom stereocenters. The molecule has 0 bridgehead atoms. The number of hydrogen-bond acceptors (Lipinski definition) is 5. The molecule has 0 radical (unpaired) electrons. The van der Waals surface area contributed by atoms with Crippen molar-refractivity contribution >= 4 is 39.7 Å². The van der Waals surface area contributed by atoms with E-state index in [-0.39, 0.29) is 0 Å². The first-order chi connectivity index (χ1) is 8.65. The summed E-state index contributed by atoms with van der Waals surface area (Å²) in [6.45, 7) is 0. The highest BCUT2D eigenvalue weighted by atomic mass is 32.1. The molecule has 2 N–H and O–H groups in total. The third kappa shape index (κ3) is 3.25. The number of anilines is 1. The van der Waals surface area contributed by atoms with Gasteiger partial charge in [0, 0.05) is 17.5 Å². The fraction of sp³-hybridized carbons (Fsp3) is 0. The minimum atomic E-state index is -1.16. The van der Waals surface area contributed by atoms with Crippen molar-refractivity contribution in [1.82, 2.24) is 4.98 Å². The molecule has 92 valence electrons. The van der Waals surface area contributed by atoms with Crippen LogP contribution in [-0.2, 0) is 9.59 Å². The molecule has 2 aromatic heterocycles. The topological polar surface area (TPSA) is 79.3 Å². The molecule has 0 aliphatic heterocycles. The Balaban J connectivity index is 2.03. The summed E-state index contributed by atoms with van der Waals surface area (Å²) in [6, 6.07) is 3.86. The number of rotatable bonds is 4. The lowest BCUT2D eigenvalue weighted by atomic mass is 10.4. The second-order valence-electron chi connectivity index (χ2n) is 3.18. The van der Waals surface area contributed by atoms with E-state index in [4.69, 9.17) is 5.11 Å². The molecule has 2 aromatic rings. The maximum atomic E-state index is 11.3. The van der Waals surface area contributed by atoms with E-state index in [2.05, 4.69) is 10.3 Å². The third-order valence-electron chi connectivity index (χ3n) is 1.89. The molecule has 2 rings (SSSR count). The molecule has 5 nitrogen and oxygen atoms in total. The van der Waals surface area contributed by atoms with Crippen LogP contribution in [0.25, 0.3) is 10.6 Å². The van der Waals surface area contributed by atoms with Crippen molar-refractivity contribution < 1.29 is 14.7 Å². The number of carbonyl (C=O) groups is 2. The lowest BCUT2D eigenvalue weighted by Crippen LogP contribution is -2.08. The lowest BCUT2D eigenvalue weighted by Gasteiger charge is -1.94. The van der Waals surface area contributed by atoms with Crippen LogP contribution >= 0.6 is 22.7 Å². The van der Waals surface area contributed by atoms with Gasteiger partial charge in [0.05, 0.1) is 10.6 Å². The van der Waals surface area contributed by atoms with Crippen molar-refractivity contribution in [3.8, 4) is 10.6 Å². The summed E-state index contributed by atoms with van der Waals surface area (Å²) in [5.41, 5.74) is 0.799. The largest absolute Gasteiger partial charge is 0.478 e. The van der Waals surface area contributed by atoms with Crippen LogP contribution in [0.5, 0.6) is 0 Å². The van der Waals surface area contributed by atoms with E-state index in [0.29, 0.717) is 5.13 Å². The number of hydrogen-bond donors (Lipinski definition) is 2. The molecule has 0 unspecified atom stereocenters. The van der Waals surface area contributed by atoms with Crippen LogP contribution in [0, 0.1) is 0 Å². The number of amides is 1. The molecule has 1 amide bonds. The lowest BCUT2D eigenvalue weighted by molar-refractivity contribution is -0.131. The fourth-order valence-corrected chi connectivity index (χ4v) is 2.64. The van der Waals surface area contributed by atoms with Gasteiger partial charge in [-0.25, -0.2) is 9.78 Å². The monoisotopic (exact) mass is 280 g/mol. The number of nitrogens with zero attached hydrogens (tertiary/aromatic N) is 1. The number of thiophene rings is 1. The summed E-state index contributed by atoms with van der Waals surface area (Å²) >= 11 is 2.85. The zero-order chi connectivity index (χ0) is 13.0. The van der Waals surface area contributed by atoms with Gasteiger partial charge in [-0.15, -0.1) is 22.7 Å². The second-order valence-corrected chi connectivity index (χ2v) is 4.98. The van der Waals surface area contributed by atoms with Gasteiger partial charge >= 0.3 is 5.97 Å². The quantitative estimate of drug-likeness (QED) is 0.843. The first-order valence-corrected chi connectivity index (χ1v) is 6.62. The fourth-order valence-electron chi connectivity index (χ4n) is 1.16. The zero-order valence-corrected chi connectivity index (χ0v) is 10.6. The van der Waals surface area contributed by atoms with Crippen molar-refractivity contribution in [3.63, 3.8) is 0 Å². The number of carboxylic acids is 1. The summed E-state index contributed by atoms with van der Waals surface area (Å²) in [4.78, 5) is 26.8. The number of nitrogens with one attached hydrogen (secondary N) is 1. The van der Waals surface area contributed by atoms with Gasteiger partial charge in [-0.3, -0.25) is 10.1 Å². The Labute approximate surface area is 110 Å². The number of carbonyl (C=O) groups excluding carboxylic acids is 1. The van der Waals surface area contributed by atoms with Gasteiger partial charge in [-0.2, -0.15) is 0 Å². The van der Waals surface area contributed by atoms with Gasteiger partial charge in [-0.1, -0.05) is 6.07 Å². The van der Waals surface area contributed by atoms with E-state index < -0.39 is 11.9 Å². The van der Waals surface area contributed by atoms with Gasteiger partial charge in [0.2, 0.25) is 5.91 Å². The van der Waals surface area contributed by atoms with Gasteiger partial charge in [0.25, 0.3) is 0 Å². The number of carboxylic acid groups (broad SMARTS) is 1. The van der Waals surface area contributed by atoms with Crippen LogP contribution in [0.1, 0.15) is 0 Å². The molecule has 0 saturated heterocycles. The Bertz CT molecular complexity index is 587. The van der Waals surface area contributed by atoms with Crippen molar-refractivity contribution in [1.29, 1.82) is 0 Å². The van der Waals surface area contributed by atoms with Gasteiger partial charge < -0.3 is 5.11 Å². The molecule has 2 heterocycles. The predicted molar refractivity (Wildman–Crippen MR) is 70.8 cm³/mol. The number of aromatic nitrogens is 1. The Morgan fingerprint density at radius 1 is 1.33 bits per heavy atom. The SMILES string of the molecule is O=C(O)/C=C\C(=O)Nc1nc(-c2cccs2)cs1. The smallest absolute Gasteiger partial charge is 0.328 e. The number of aliphatic carboxylic acids is 1. The minimum Gasteiger partial charge on any atom is -0.478 e. The minimum absolute atomic E-state index is 0.443. The van der Waals surface area contributed by atoms with Crippen molar-refractivity contribution in [3.05, 3.63) is 35.0 Å². The van der Waals surface area contributed by atoms with E-state index in [1.54, 1.807) is 11.3 Å². The standard InChI is InChI=1S/C11H8N2O3S2/c14-9(3-4-10(15)16)13-11-12-7(6-18-11)8-2-1-5-17-8/h1-6H,(H,15,16)(H,12,13,14)/b4-3-. The van der Waals surface area contributed by atoms with Crippen LogP contribution in [0.3, 0.4) is 0 Å². The molecule has 0 aliphatic carbocycles. The summed E-state index contributed by atoms with van der Waals surface area (Å²) in [6.07, 6.45) is 1.73. The Morgan fingerprint density at radius 3 is 2.83 bits per heavy atom. The van der Waals surface area contributed by atoms with Crippen LogP contribution in [-0.4, -0.2) is 22.0 Å². The number of thiazole rings is 1. The van der Waals surface area contributed by atoms with E-state index in [1.807, 2.05) is 22.9 Å². The zero-order valence-electron chi connectivity index (χ0n) is 8.99. The molecule has 0 saturated carbocycles. The van der Waals surface area contributed by atoms with Crippen LogP contribution < -0.4 is 5.32 Å². The predicted octanol–water partition coefficient (Wildman–Crippen LogP) is 2.45. The molecular weight excluding hydrogens is 272 g/mol. The average molecular weight is 280 g/mol. The van der Waals surface area contributed by atoms with E-state index >= 15 is 0 Å². The van der Waals surface area contributed by atoms with Gasteiger partial charge in [0.1, 0.15) is 0 Å². The molecule has 0 fully saturated rings. The summed E-state index contributed by atoms with van der Waals surface area (Å²) in [5.74, 6) is -1.67.